The second-order valence-electron chi connectivity index (χ2n) is 11.8. The van der Waals surface area contributed by atoms with Gasteiger partial charge in [-0.2, -0.15) is 15.8 Å². The molecule has 8 rings (SSSR count). The molecule has 46 heavy (non-hydrogen) atoms. The first kappa shape index (κ1) is 27.0. The monoisotopic (exact) mass is 587 g/mol. The van der Waals surface area contributed by atoms with Crippen molar-refractivity contribution in [3.8, 4) is 40.7 Å². The lowest BCUT2D eigenvalue weighted by molar-refractivity contribution is 1.12. The van der Waals surface area contributed by atoms with Gasteiger partial charge in [0.2, 0.25) is 0 Å². The van der Waals surface area contributed by atoms with Crippen LogP contribution in [-0.2, 0) is 0 Å². The number of hydrogen-bond donors (Lipinski definition) is 0. The number of nitriles is 3. The van der Waals surface area contributed by atoms with Gasteiger partial charge in [-0.15, -0.1) is 0 Å². The second-order valence-corrected chi connectivity index (χ2v) is 11.8. The van der Waals surface area contributed by atoms with Gasteiger partial charge in [0.05, 0.1) is 56.7 Å². The first-order valence-electron chi connectivity index (χ1n) is 15.0. The van der Waals surface area contributed by atoms with Gasteiger partial charge in [-0.05, 0) is 90.7 Å². The zero-order valence-corrected chi connectivity index (χ0v) is 25.2. The number of aromatic nitrogens is 2. The molecule has 0 aliphatic rings. The highest BCUT2D eigenvalue weighted by Crippen LogP contribution is 2.40. The zero-order chi connectivity index (χ0) is 31.5. The molecule has 0 bridgehead atoms. The maximum absolute atomic E-state index is 11.1. The van der Waals surface area contributed by atoms with Crippen molar-refractivity contribution in [1.29, 1.82) is 15.8 Å². The fourth-order valence-corrected chi connectivity index (χ4v) is 6.85. The molecule has 2 heterocycles. The summed E-state index contributed by atoms with van der Waals surface area (Å²) < 4.78 is 4.36. The van der Waals surface area contributed by atoms with Crippen LogP contribution in [0.25, 0.3) is 66.1 Å². The van der Waals surface area contributed by atoms with Crippen molar-refractivity contribution < 1.29 is 0 Å². The minimum atomic E-state index is 0.404. The molecule has 0 aliphatic heterocycles. The van der Waals surface area contributed by atoms with Crippen LogP contribution in [0.5, 0.6) is 0 Å². The number of fused-ring (bicyclic) bond motifs is 6. The van der Waals surface area contributed by atoms with Gasteiger partial charge in [-0.1, -0.05) is 60.7 Å². The molecule has 5 heteroatoms. The molecule has 6 aromatic carbocycles. The predicted molar refractivity (Wildman–Crippen MR) is 184 cm³/mol. The Hall–Kier alpha value is -6.61. The van der Waals surface area contributed by atoms with Gasteiger partial charge in [0.1, 0.15) is 11.6 Å². The Morgan fingerprint density at radius 1 is 0.435 bits per heavy atom. The number of para-hydroxylation sites is 2. The van der Waals surface area contributed by atoms with E-state index in [0.29, 0.717) is 16.7 Å². The fourth-order valence-electron chi connectivity index (χ4n) is 6.85. The van der Waals surface area contributed by atoms with Gasteiger partial charge in [0, 0.05) is 21.5 Å². The van der Waals surface area contributed by atoms with Crippen molar-refractivity contribution in [1.82, 2.24) is 9.13 Å². The lowest BCUT2D eigenvalue weighted by atomic mass is 9.97. The Labute approximate surface area is 265 Å². The van der Waals surface area contributed by atoms with Crippen LogP contribution in [0.4, 0.5) is 0 Å². The molecule has 0 atom stereocenters. The van der Waals surface area contributed by atoms with E-state index in [9.17, 15) is 15.8 Å². The second kappa shape index (κ2) is 10.2. The van der Waals surface area contributed by atoms with Crippen molar-refractivity contribution in [2.45, 2.75) is 13.8 Å². The SMILES string of the molecule is Cc1ccc2c3ccccc3n(-c3cc(-c4cc(C#N)cc(C#N)c4)cc(-n4c5ccccc5c5ccc(C)cc54)c3C#N)c2c1. The van der Waals surface area contributed by atoms with Gasteiger partial charge in [0.15, 0.2) is 0 Å². The Bertz CT molecular complexity index is 2530. The Balaban J connectivity index is 1.59. The smallest absolute Gasteiger partial charge is 0.104 e. The lowest BCUT2D eigenvalue weighted by Crippen LogP contribution is -2.05. The van der Waals surface area contributed by atoms with E-state index < -0.39 is 0 Å². The molecule has 0 amide bonds. The summed E-state index contributed by atoms with van der Waals surface area (Å²) in [5.41, 5.74) is 10.5. The number of aryl methyl sites for hydroxylation is 2. The van der Waals surface area contributed by atoms with Gasteiger partial charge >= 0.3 is 0 Å². The molecule has 214 valence electrons. The Morgan fingerprint density at radius 3 is 1.33 bits per heavy atom. The lowest BCUT2D eigenvalue weighted by Gasteiger charge is -2.18. The Morgan fingerprint density at radius 2 is 0.870 bits per heavy atom. The first-order valence-corrected chi connectivity index (χ1v) is 15.0. The van der Waals surface area contributed by atoms with E-state index in [1.807, 2.05) is 48.5 Å². The quantitative estimate of drug-likeness (QED) is 0.206. The molecule has 0 fully saturated rings. The van der Waals surface area contributed by atoms with Crippen molar-refractivity contribution in [2.24, 2.45) is 0 Å². The molecule has 0 unspecified atom stereocenters. The van der Waals surface area contributed by atoms with Gasteiger partial charge in [-0.25, -0.2) is 0 Å². The summed E-state index contributed by atoms with van der Waals surface area (Å²) in [5, 5.41) is 35.1. The zero-order valence-electron chi connectivity index (χ0n) is 25.2. The van der Waals surface area contributed by atoms with Crippen LogP contribution in [0.15, 0.2) is 115 Å². The van der Waals surface area contributed by atoms with E-state index in [0.717, 1.165) is 77.2 Å². The molecule has 0 saturated carbocycles. The molecular weight excluding hydrogens is 562 g/mol. The summed E-state index contributed by atoms with van der Waals surface area (Å²) in [6.07, 6.45) is 0. The largest absolute Gasteiger partial charge is 0.308 e. The molecule has 8 aromatic rings. The van der Waals surface area contributed by atoms with E-state index in [1.165, 1.54) is 0 Å². The number of benzene rings is 6. The van der Waals surface area contributed by atoms with Crippen LogP contribution in [0, 0.1) is 47.8 Å². The molecular formula is C41H25N5. The minimum absolute atomic E-state index is 0.404. The van der Waals surface area contributed by atoms with Crippen LogP contribution in [0.3, 0.4) is 0 Å². The van der Waals surface area contributed by atoms with E-state index in [1.54, 1.807) is 6.07 Å². The third-order valence-electron chi connectivity index (χ3n) is 8.87. The van der Waals surface area contributed by atoms with Crippen LogP contribution in [0.1, 0.15) is 27.8 Å². The maximum Gasteiger partial charge on any atom is 0.104 e. The first-order chi connectivity index (χ1) is 22.5. The van der Waals surface area contributed by atoms with Crippen molar-refractivity contribution >= 4 is 43.6 Å². The minimum Gasteiger partial charge on any atom is -0.308 e. The molecule has 0 saturated heterocycles. The highest BCUT2D eigenvalue weighted by molar-refractivity contribution is 6.11. The van der Waals surface area contributed by atoms with Gasteiger partial charge in [-0.3, -0.25) is 0 Å². The van der Waals surface area contributed by atoms with Crippen LogP contribution >= 0.6 is 0 Å². The molecule has 5 nitrogen and oxygen atoms in total. The molecule has 0 radical (unpaired) electrons. The van der Waals surface area contributed by atoms with E-state index in [-0.39, 0.29) is 0 Å². The van der Waals surface area contributed by atoms with Crippen molar-refractivity contribution in [2.75, 3.05) is 0 Å². The van der Waals surface area contributed by atoms with E-state index in [4.69, 9.17) is 0 Å². The van der Waals surface area contributed by atoms with Gasteiger partial charge in [0.25, 0.3) is 0 Å². The molecule has 0 spiro atoms. The molecule has 0 N–H and O–H groups in total. The molecule has 2 aromatic heterocycles. The van der Waals surface area contributed by atoms with E-state index >= 15 is 0 Å². The number of nitrogens with zero attached hydrogens (tertiary/aromatic N) is 5. The topological polar surface area (TPSA) is 81.2 Å². The summed E-state index contributed by atoms with van der Waals surface area (Å²) in [6, 6.07) is 45.7. The van der Waals surface area contributed by atoms with Crippen molar-refractivity contribution in [3.05, 3.63) is 143 Å². The normalized spacial score (nSPS) is 11.2. The number of hydrogen-bond acceptors (Lipinski definition) is 3. The predicted octanol–water partition coefficient (Wildman–Crippen LogP) is 9.78. The van der Waals surface area contributed by atoms with E-state index in [2.05, 4.69) is 102 Å². The third-order valence-corrected chi connectivity index (χ3v) is 8.87. The summed E-state index contributed by atoms with van der Waals surface area (Å²) >= 11 is 0. The summed E-state index contributed by atoms with van der Waals surface area (Å²) in [4.78, 5) is 0. The maximum atomic E-state index is 11.1. The highest BCUT2D eigenvalue weighted by atomic mass is 15.0. The highest BCUT2D eigenvalue weighted by Gasteiger charge is 2.22. The fraction of sp³-hybridized carbons (Fsp3) is 0.0488. The average molecular weight is 588 g/mol. The standard InChI is InChI=1S/C41H25N5/c1-25-11-13-33-31-7-3-5-9-36(31)45(38(33)15-25)40-20-30(29-18-27(22-42)17-28(19-29)23-43)21-41(35(40)24-44)46-37-10-6-4-8-32(37)34-14-12-26(2)16-39(34)46/h3-21H,1-2H3. The van der Waals surface area contributed by atoms with Crippen LogP contribution in [0.2, 0.25) is 0 Å². The van der Waals surface area contributed by atoms with Crippen molar-refractivity contribution in [3.63, 3.8) is 0 Å². The summed E-state index contributed by atoms with van der Waals surface area (Å²) in [5.74, 6) is 0. The van der Waals surface area contributed by atoms with Gasteiger partial charge < -0.3 is 9.13 Å². The Kier molecular flexibility index (Phi) is 6.01. The third kappa shape index (κ3) is 3.99. The summed E-state index contributed by atoms with van der Waals surface area (Å²) in [7, 11) is 0. The molecule has 0 aliphatic carbocycles. The summed E-state index contributed by atoms with van der Waals surface area (Å²) in [6.45, 7) is 4.15. The van der Waals surface area contributed by atoms with Crippen LogP contribution < -0.4 is 0 Å². The average Bonchev–Trinajstić information content (AvgIpc) is 3.58. The van der Waals surface area contributed by atoms with Crippen LogP contribution in [-0.4, -0.2) is 9.13 Å². The number of rotatable bonds is 3.